The molecule has 3 atom stereocenters. The number of carbonyl (C=O) groups excluding carboxylic acids is 1. The third kappa shape index (κ3) is 8.86. The van der Waals surface area contributed by atoms with Crippen molar-refractivity contribution < 1.29 is 54.6 Å². The highest BCUT2D eigenvalue weighted by Gasteiger charge is 2.33. The van der Waals surface area contributed by atoms with Crippen LogP contribution in [-0.2, 0) is 31.1 Å². The highest BCUT2D eigenvalue weighted by molar-refractivity contribution is 7.92. The van der Waals surface area contributed by atoms with Crippen molar-refractivity contribution in [2.75, 3.05) is 20.1 Å². The molecule has 49 heavy (non-hydrogen) atoms. The zero-order chi connectivity index (χ0) is 35.6. The van der Waals surface area contributed by atoms with Crippen LogP contribution >= 0.6 is 0 Å². The molecular formula is C33H40N2O12S2. The lowest BCUT2D eigenvalue weighted by Crippen LogP contribution is -2.52. The first-order valence-electron chi connectivity index (χ1n) is 15.5. The molecule has 14 nitrogen and oxygen atoms in total. The number of nitrogens with one attached hydrogen (secondary N) is 2. The van der Waals surface area contributed by atoms with Crippen molar-refractivity contribution in [2.45, 2.75) is 74.0 Å². The van der Waals surface area contributed by atoms with Crippen molar-refractivity contribution in [1.29, 1.82) is 0 Å². The minimum Gasteiger partial charge on any atom is -0.454 e. The molecule has 16 heteroatoms. The Morgan fingerprint density at radius 2 is 1.39 bits per heavy atom. The number of aliphatic hydroxyl groups excluding tert-OH is 1. The molecule has 1 amide bonds. The second-order valence-corrected chi connectivity index (χ2v) is 16.5. The van der Waals surface area contributed by atoms with E-state index in [1.54, 1.807) is 46.8 Å². The van der Waals surface area contributed by atoms with Crippen LogP contribution in [0.1, 0.15) is 40.2 Å². The van der Waals surface area contributed by atoms with Crippen molar-refractivity contribution in [2.24, 2.45) is 5.92 Å². The SMILES string of the molecule is CC(C)C(NC[C@@H](O)[C@H](Cc1ccc(OS(=O)(=O)c2ccc3c(c2)OCO3)cc1)NC(=O)OC(C)(C)C)S(=O)(=O)c1ccc2c(c1)OCO2. The number of benzene rings is 3. The summed E-state index contributed by atoms with van der Waals surface area (Å²) in [7, 11) is -8.13. The van der Waals surface area contributed by atoms with E-state index in [0.29, 0.717) is 28.6 Å². The molecule has 0 spiro atoms. The number of rotatable bonds is 13. The average molecular weight is 721 g/mol. The number of hydrogen-bond acceptors (Lipinski definition) is 13. The molecule has 0 aliphatic carbocycles. The monoisotopic (exact) mass is 720 g/mol. The molecule has 3 aromatic rings. The van der Waals surface area contributed by atoms with E-state index >= 15 is 0 Å². The van der Waals surface area contributed by atoms with Gasteiger partial charge in [0.05, 0.1) is 17.0 Å². The Labute approximate surface area is 285 Å². The van der Waals surface area contributed by atoms with Crippen molar-refractivity contribution in [3.8, 4) is 28.7 Å². The molecule has 5 rings (SSSR count). The van der Waals surface area contributed by atoms with Gasteiger partial charge < -0.3 is 38.3 Å². The van der Waals surface area contributed by atoms with Gasteiger partial charge in [0.1, 0.15) is 21.6 Å². The lowest BCUT2D eigenvalue weighted by atomic mass is 10.0. The van der Waals surface area contributed by atoms with E-state index in [1.165, 1.54) is 48.5 Å². The molecule has 0 bridgehead atoms. The van der Waals surface area contributed by atoms with Crippen molar-refractivity contribution in [3.05, 3.63) is 66.2 Å². The van der Waals surface area contributed by atoms with Gasteiger partial charge in [-0.05, 0) is 75.1 Å². The average Bonchev–Trinajstić information content (AvgIpc) is 3.69. The van der Waals surface area contributed by atoms with Crippen LogP contribution in [-0.4, -0.2) is 71.3 Å². The normalized spacial score (nSPS) is 15.8. The van der Waals surface area contributed by atoms with Crippen LogP contribution in [0.2, 0.25) is 0 Å². The third-order valence-corrected chi connectivity index (χ3v) is 11.1. The van der Waals surface area contributed by atoms with Gasteiger partial charge in [-0.15, -0.1) is 0 Å². The van der Waals surface area contributed by atoms with Crippen molar-refractivity contribution in [3.63, 3.8) is 0 Å². The van der Waals surface area contributed by atoms with Crippen LogP contribution in [0.3, 0.4) is 0 Å². The van der Waals surface area contributed by atoms with Gasteiger partial charge >= 0.3 is 16.2 Å². The van der Waals surface area contributed by atoms with Crippen LogP contribution in [0, 0.1) is 5.92 Å². The van der Waals surface area contributed by atoms with Gasteiger partial charge in [0.2, 0.25) is 13.6 Å². The molecule has 0 radical (unpaired) electrons. The molecule has 3 aromatic carbocycles. The first-order chi connectivity index (χ1) is 23.0. The summed E-state index contributed by atoms with van der Waals surface area (Å²) < 4.78 is 85.0. The molecule has 2 aliphatic heterocycles. The Morgan fingerprint density at radius 3 is 1.96 bits per heavy atom. The summed E-state index contributed by atoms with van der Waals surface area (Å²) in [6.45, 7) is 8.36. The van der Waals surface area contributed by atoms with Crippen molar-refractivity contribution >= 4 is 26.0 Å². The maximum atomic E-state index is 13.7. The number of ether oxygens (including phenoxy) is 5. The summed E-state index contributed by atoms with van der Waals surface area (Å²) in [5.41, 5.74) is -0.205. The number of carbonyl (C=O) groups is 1. The second kappa shape index (κ2) is 14.3. The Morgan fingerprint density at radius 1 is 0.837 bits per heavy atom. The Kier molecular flexibility index (Phi) is 10.5. The molecule has 0 saturated carbocycles. The number of fused-ring (bicyclic) bond motifs is 2. The third-order valence-electron chi connectivity index (χ3n) is 7.52. The molecular weight excluding hydrogens is 680 g/mol. The zero-order valence-corrected chi connectivity index (χ0v) is 29.3. The summed E-state index contributed by atoms with van der Waals surface area (Å²) in [6.07, 6.45) is -1.97. The van der Waals surface area contributed by atoms with Crippen LogP contribution < -0.4 is 33.8 Å². The number of sulfone groups is 1. The second-order valence-electron chi connectivity index (χ2n) is 12.9. The van der Waals surface area contributed by atoms with Crippen LogP contribution in [0.5, 0.6) is 28.7 Å². The Hall–Kier alpha value is -4.25. The standard InChI is InChI=1S/C33H40N2O12S2/c1-20(2)31(48(38,39)23-10-12-27-29(15-23)44-18-42-27)34-17-26(36)25(35-32(37)46-33(3,4)5)14-21-6-8-22(9-7-21)47-49(40,41)24-11-13-28-30(16-24)45-19-43-28/h6-13,15-16,20,25-26,31,34,36H,14,17-19H2,1-5H3,(H,35,37)/t25-,26+,31?/m0/s1. The topological polar surface area (TPSA) is 185 Å². The highest BCUT2D eigenvalue weighted by atomic mass is 32.2. The van der Waals surface area contributed by atoms with Gasteiger partial charge in [0.15, 0.2) is 32.8 Å². The van der Waals surface area contributed by atoms with E-state index in [2.05, 4.69) is 10.6 Å². The molecule has 0 saturated heterocycles. The van der Waals surface area contributed by atoms with E-state index in [4.69, 9.17) is 27.9 Å². The number of alkyl carbamates (subject to hydrolysis) is 1. The fraction of sp³-hybridized carbons (Fsp3) is 0.424. The molecule has 266 valence electrons. The number of amides is 1. The van der Waals surface area contributed by atoms with E-state index < -0.39 is 55.1 Å². The highest BCUT2D eigenvalue weighted by Crippen LogP contribution is 2.36. The van der Waals surface area contributed by atoms with Crippen LogP contribution in [0.4, 0.5) is 4.79 Å². The summed E-state index contributed by atoms with van der Waals surface area (Å²) >= 11 is 0. The van der Waals surface area contributed by atoms with Gasteiger partial charge in [0.25, 0.3) is 0 Å². The smallest absolute Gasteiger partial charge is 0.407 e. The molecule has 0 fully saturated rings. The Balaban J connectivity index is 1.29. The lowest BCUT2D eigenvalue weighted by molar-refractivity contribution is 0.0420. The van der Waals surface area contributed by atoms with E-state index in [9.17, 15) is 26.7 Å². The molecule has 2 heterocycles. The fourth-order valence-corrected chi connectivity index (χ4v) is 7.97. The largest absolute Gasteiger partial charge is 0.454 e. The molecule has 1 unspecified atom stereocenters. The first-order valence-corrected chi connectivity index (χ1v) is 18.4. The maximum Gasteiger partial charge on any atom is 0.407 e. The maximum absolute atomic E-state index is 13.7. The number of aliphatic hydroxyl groups is 1. The lowest BCUT2D eigenvalue weighted by Gasteiger charge is -2.29. The predicted molar refractivity (Wildman–Crippen MR) is 176 cm³/mol. The first kappa shape index (κ1) is 36.0. The van der Waals surface area contributed by atoms with Crippen LogP contribution in [0.15, 0.2) is 70.5 Å². The van der Waals surface area contributed by atoms with E-state index in [1.807, 2.05) is 0 Å². The molecule has 3 N–H and O–H groups in total. The summed E-state index contributed by atoms with van der Waals surface area (Å²) in [4.78, 5) is 12.7. The van der Waals surface area contributed by atoms with Gasteiger partial charge in [-0.1, -0.05) is 26.0 Å². The summed E-state index contributed by atoms with van der Waals surface area (Å²) in [5.74, 6) is 1.14. The minimum absolute atomic E-state index is 0.00105. The summed E-state index contributed by atoms with van der Waals surface area (Å²) in [5, 5.41) is 15.9. The van der Waals surface area contributed by atoms with E-state index in [0.717, 1.165) is 0 Å². The number of hydrogen-bond donors (Lipinski definition) is 3. The van der Waals surface area contributed by atoms with Gasteiger partial charge in [0, 0.05) is 18.7 Å². The van der Waals surface area contributed by atoms with Crippen LogP contribution in [0.25, 0.3) is 0 Å². The predicted octanol–water partition coefficient (Wildman–Crippen LogP) is 3.75. The fourth-order valence-electron chi connectivity index (χ4n) is 5.17. The zero-order valence-electron chi connectivity index (χ0n) is 27.7. The quantitative estimate of drug-likeness (QED) is 0.217. The van der Waals surface area contributed by atoms with Gasteiger partial charge in [-0.2, -0.15) is 8.42 Å². The minimum atomic E-state index is -4.20. The van der Waals surface area contributed by atoms with Gasteiger partial charge in [-0.3, -0.25) is 5.32 Å². The Bertz CT molecular complexity index is 1870. The van der Waals surface area contributed by atoms with Crippen molar-refractivity contribution in [1.82, 2.24) is 10.6 Å². The van der Waals surface area contributed by atoms with E-state index in [-0.39, 0.29) is 42.1 Å². The van der Waals surface area contributed by atoms with Gasteiger partial charge in [-0.25, -0.2) is 13.2 Å². The molecule has 2 aliphatic rings. The summed E-state index contributed by atoms with van der Waals surface area (Å²) in [6, 6.07) is 13.7. The molecule has 0 aromatic heterocycles.